The van der Waals surface area contributed by atoms with Crippen molar-refractivity contribution in [2.24, 2.45) is 0 Å². The first-order valence-electron chi connectivity index (χ1n) is 5.47. The number of nitrogens with zero attached hydrogens (tertiary/aromatic N) is 2. The standard InChI is InChI=1S/C13H10ClN3O2/c1-7-3-10(14)4-8(2)11(7)17-6-9(5-15)12(18)16-13(17)19/h3-4,6H,1-2H3,(H,16,18,19). The van der Waals surface area contributed by atoms with Gasteiger partial charge in [0.1, 0.15) is 11.6 Å². The highest BCUT2D eigenvalue weighted by Crippen LogP contribution is 2.22. The lowest BCUT2D eigenvalue weighted by Crippen LogP contribution is -2.30. The van der Waals surface area contributed by atoms with Gasteiger partial charge in [0.2, 0.25) is 0 Å². The first-order chi connectivity index (χ1) is 8.93. The Morgan fingerprint density at radius 2 is 1.84 bits per heavy atom. The predicted molar refractivity (Wildman–Crippen MR) is 71.9 cm³/mol. The maximum atomic E-state index is 11.9. The summed E-state index contributed by atoms with van der Waals surface area (Å²) in [5.41, 5.74) is 0.784. The molecule has 0 aliphatic rings. The number of H-pyrrole nitrogens is 1. The number of halogens is 1. The van der Waals surface area contributed by atoms with Crippen molar-refractivity contribution in [1.82, 2.24) is 9.55 Å². The van der Waals surface area contributed by atoms with Gasteiger partial charge in [0.05, 0.1) is 5.69 Å². The fourth-order valence-electron chi connectivity index (χ4n) is 2.00. The highest BCUT2D eigenvalue weighted by atomic mass is 35.5. The van der Waals surface area contributed by atoms with E-state index in [0.717, 1.165) is 11.1 Å². The summed E-state index contributed by atoms with van der Waals surface area (Å²) >= 11 is 5.94. The molecule has 1 aromatic carbocycles. The maximum Gasteiger partial charge on any atom is 0.333 e. The molecule has 0 aliphatic carbocycles. The lowest BCUT2D eigenvalue weighted by molar-refractivity contribution is 0.876. The van der Waals surface area contributed by atoms with Crippen LogP contribution >= 0.6 is 11.6 Å². The summed E-state index contributed by atoms with van der Waals surface area (Å²) < 4.78 is 1.25. The Labute approximate surface area is 113 Å². The van der Waals surface area contributed by atoms with Gasteiger partial charge in [-0.3, -0.25) is 14.3 Å². The SMILES string of the molecule is Cc1cc(Cl)cc(C)c1-n1cc(C#N)c(=O)[nH]c1=O. The second-order valence-corrected chi connectivity index (χ2v) is 4.61. The number of hydrogen-bond donors (Lipinski definition) is 1. The van der Waals surface area contributed by atoms with Gasteiger partial charge < -0.3 is 0 Å². The topological polar surface area (TPSA) is 78.7 Å². The van der Waals surface area contributed by atoms with Crippen LogP contribution in [0.3, 0.4) is 0 Å². The Balaban J connectivity index is 2.84. The molecule has 1 aromatic heterocycles. The van der Waals surface area contributed by atoms with Crippen LogP contribution in [0.25, 0.3) is 5.69 Å². The first kappa shape index (κ1) is 13.1. The minimum absolute atomic E-state index is 0.117. The Morgan fingerprint density at radius 1 is 1.26 bits per heavy atom. The lowest BCUT2D eigenvalue weighted by Gasteiger charge is -2.12. The van der Waals surface area contributed by atoms with Gasteiger partial charge in [0.15, 0.2) is 0 Å². The van der Waals surface area contributed by atoms with Crippen LogP contribution in [0.15, 0.2) is 27.9 Å². The van der Waals surface area contributed by atoms with Crippen molar-refractivity contribution in [3.8, 4) is 11.8 Å². The molecule has 96 valence electrons. The molecule has 0 bridgehead atoms. The molecule has 0 saturated heterocycles. The number of rotatable bonds is 1. The molecule has 0 amide bonds. The van der Waals surface area contributed by atoms with Gasteiger partial charge >= 0.3 is 5.69 Å². The molecule has 5 nitrogen and oxygen atoms in total. The van der Waals surface area contributed by atoms with Gasteiger partial charge in [0.25, 0.3) is 5.56 Å². The molecule has 0 fully saturated rings. The average molecular weight is 276 g/mol. The number of hydrogen-bond acceptors (Lipinski definition) is 3. The summed E-state index contributed by atoms with van der Waals surface area (Å²) in [6.45, 7) is 3.61. The van der Waals surface area contributed by atoms with Crippen LogP contribution in [0.2, 0.25) is 5.02 Å². The Hall–Kier alpha value is -2.32. The van der Waals surface area contributed by atoms with E-state index in [0.29, 0.717) is 10.7 Å². The van der Waals surface area contributed by atoms with Gasteiger partial charge in [-0.2, -0.15) is 5.26 Å². The van der Waals surface area contributed by atoms with E-state index in [-0.39, 0.29) is 5.56 Å². The zero-order valence-electron chi connectivity index (χ0n) is 10.3. The number of nitrogens with one attached hydrogen (secondary N) is 1. The van der Waals surface area contributed by atoms with E-state index >= 15 is 0 Å². The second kappa shape index (κ2) is 4.75. The van der Waals surface area contributed by atoms with Crippen LogP contribution in [-0.2, 0) is 0 Å². The summed E-state index contributed by atoms with van der Waals surface area (Å²) in [7, 11) is 0. The minimum atomic E-state index is -0.687. The number of aryl methyl sites for hydroxylation is 2. The Morgan fingerprint density at radius 3 is 2.37 bits per heavy atom. The van der Waals surface area contributed by atoms with E-state index in [2.05, 4.69) is 4.98 Å². The zero-order chi connectivity index (χ0) is 14.2. The van der Waals surface area contributed by atoms with E-state index in [1.807, 2.05) is 0 Å². The summed E-state index contributed by atoms with van der Waals surface area (Å²) in [6.07, 6.45) is 1.24. The highest BCUT2D eigenvalue weighted by Gasteiger charge is 2.11. The van der Waals surface area contributed by atoms with Gasteiger partial charge in [-0.15, -0.1) is 0 Å². The maximum absolute atomic E-state index is 11.9. The van der Waals surface area contributed by atoms with E-state index in [1.54, 1.807) is 32.0 Å². The first-order valence-corrected chi connectivity index (χ1v) is 5.85. The summed E-state index contributed by atoms with van der Waals surface area (Å²) in [5.74, 6) is 0. The van der Waals surface area contributed by atoms with E-state index in [1.165, 1.54) is 10.8 Å². The molecule has 1 N–H and O–H groups in total. The molecule has 2 aromatic rings. The molecule has 1 heterocycles. The number of aromatic amines is 1. The molecule has 19 heavy (non-hydrogen) atoms. The van der Waals surface area contributed by atoms with Crippen molar-refractivity contribution in [2.45, 2.75) is 13.8 Å². The van der Waals surface area contributed by atoms with Crippen molar-refractivity contribution in [3.05, 3.63) is 60.9 Å². The zero-order valence-corrected chi connectivity index (χ0v) is 11.1. The van der Waals surface area contributed by atoms with Gasteiger partial charge in [-0.1, -0.05) is 11.6 Å². The van der Waals surface area contributed by atoms with Crippen molar-refractivity contribution in [2.75, 3.05) is 0 Å². The third-order valence-corrected chi connectivity index (χ3v) is 2.98. The van der Waals surface area contributed by atoms with Crippen LogP contribution in [0.4, 0.5) is 0 Å². The van der Waals surface area contributed by atoms with Crippen LogP contribution in [0.1, 0.15) is 16.7 Å². The summed E-state index contributed by atoms with van der Waals surface area (Å²) in [5, 5.41) is 9.42. The minimum Gasteiger partial charge on any atom is -0.273 e. The molecule has 2 rings (SSSR count). The fourth-order valence-corrected chi connectivity index (χ4v) is 2.33. The van der Waals surface area contributed by atoms with Gasteiger partial charge in [-0.05, 0) is 37.1 Å². The van der Waals surface area contributed by atoms with Crippen molar-refractivity contribution < 1.29 is 0 Å². The predicted octanol–water partition coefficient (Wildman–Crippen LogP) is 1.67. The van der Waals surface area contributed by atoms with Gasteiger partial charge in [0, 0.05) is 11.2 Å². The molecule has 0 radical (unpaired) electrons. The average Bonchev–Trinajstić information content (AvgIpc) is 2.30. The molecule has 0 unspecified atom stereocenters. The number of aromatic nitrogens is 2. The van der Waals surface area contributed by atoms with Crippen LogP contribution in [0.5, 0.6) is 0 Å². The number of nitriles is 1. The molecule has 6 heteroatoms. The Bertz CT molecular complexity index is 789. The summed E-state index contributed by atoms with van der Waals surface area (Å²) in [6, 6.07) is 5.18. The Kier molecular flexibility index (Phi) is 3.28. The van der Waals surface area contributed by atoms with Gasteiger partial charge in [-0.25, -0.2) is 4.79 Å². The highest BCUT2D eigenvalue weighted by molar-refractivity contribution is 6.30. The lowest BCUT2D eigenvalue weighted by atomic mass is 10.1. The molecular weight excluding hydrogens is 266 g/mol. The third kappa shape index (κ3) is 2.30. The normalized spacial score (nSPS) is 10.2. The monoisotopic (exact) mass is 275 g/mol. The van der Waals surface area contributed by atoms with E-state index < -0.39 is 11.2 Å². The van der Waals surface area contributed by atoms with E-state index in [4.69, 9.17) is 16.9 Å². The second-order valence-electron chi connectivity index (χ2n) is 4.17. The van der Waals surface area contributed by atoms with E-state index in [9.17, 15) is 9.59 Å². The summed E-state index contributed by atoms with van der Waals surface area (Å²) in [4.78, 5) is 25.4. The molecular formula is C13H10ClN3O2. The number of benzene rings is 1. The molecule has 0 atom stereocenters. The molecule has 0 aliphatic heterocycles. The van der Waals surface area contributed by atoms with Crippen LogP contribution in [0, 0.1) is 25.2 Å². The molecule has 0 spiro atoms. The third-order valence-electron chi connectivity index (χ3n) is 2.76. The van der Waals surface area contributed by atoms with Crippen molar-refractivity contribution in [3.63, 3.8) is 0 Å². The fraction of sp³-hybridized carbons (Fsp3) is 0.154. The molecule has 0 saturated carbocycles. The largest absolute Gasteiger partial charge is 0.333 e. The van der Waals surface area contributed by atoms with Crippen molar-refractivity contribution in [1.29, 1.82) is 5.26 Å². The van der Waals surface area contributed by atoms with Crippen molar-refractivity contribution >= 4 is 11.6 Å². The van der Waals surface area contributed by atoms with Crippen LogP contribution in [-0.4, -0.2) is 9.55 Å². The smallest absolute Gasteiger partial charge is 0.273 e. The van der Waals surface area contributed by atoms with Crippen LogP contribution < -0.4 is 11.2 Å². The quantitative estimate of drug-likeness (QED) is 0.860.